The third-order valence-corrected chi connectivity index (χ3v) is 5.10. The molecule has 0 atom stereocenters. The molecule has 0 amide bonds. The van der Waals surface area contributed by atoms with Gasteiger partial charge in [0, 0.05) is 28.4 Å². The van der Waals surface area contributed by atoms with Crippen LogP contribution in [0.3, 0.4) is 0 Å². The van der Waals surface area contributed by atoms with E-state index in [0.29, 0.717) is 6.04 Å². The highest BCUT2D eigenvalue weighted by Gasteiger charge is 2.26. The molecule has 1 aromatic heterocycles. The number of thiol groups is 1. The minimum Gasteiger partial charge on any atom is -0.342 e. The molecule has 0 radical (unpaired) electrons. The molecule has 0 saturated carbocycles. The van der Waals surface area contributed by atoms with Crippen molar-refractivity contribution in [1.29, 1.82) is 0 Å². The third kappa shape index (κ3) is 3.01. The molecule has 0 aliphatic rings. The van der Waals surface area contributed by atoms with Gasteiger partial charge in [-0.2, -0.15) is 12.6 Å². The zero-order valence-electron chi connectivity index (χ0n) is 14.5. The molecule has 0 saturated heterocycles. The van der Waals surface area contributed by atoms with Crippen molar-refractivity contribution in [2.75, 3.05) is 5.75 Å². The molecular formula is C19H29NS. The Balaban J connectivity index is 2.77. The first kappa shape index (κ1) is 16.5. The Morgan fingerprint density at radius 3 is 2.14 bits per heavy atom. The smallest absolute Gasteiger partial charge is 0.0488 e. The number of hydrogen-bond acceptors (Lipinski definition) is 1. The van der Waals surface area contributed by atoms with E-state index in [-0.39, 0.29) is 10.8 Å². The Labute approximate surface area is 135 Å². The highest BCUT2D eigenvalue weighted by atomic mass is 32.1. The molecule has 2 rings (SSSR count). The quantitative estimate of drug-likeness (QED) is 0.691. The molecule has 0 aliphatic carbocycles. The van der Waals surface area contributed by atoms with E-state index in [1.165, 1.54) is 22.2 Å². The molecule has 0 spiro atoms. The number of rotatable bonds is 3. The van der Waals surface area contributed by atoms with E-state index in [1.807, 2.05) is 0 Å². The number of benzene rings is 1. The van der Waals surface area contributed by atoms with Gasteiger partial charge >= 0.3 is 0 Å². The maximum absolute atomic E-state index is 4.56. The number of fused-ring (bicyclic) bond motifs is 1. The highest BCUT2D eigenvalue weighted by molar-refractivity contribution is 7.80. The highest BCUT2D eigenvalue weighted by Crippen LogP contribution is 2.35. The van der Waals surface area contributed by atoms with Gasteiger partial charge in [-0.3, -0.25) is 0 Å². The lowest BCUT2D eigenvalue weighted by molar-refractivity contribution is 0.500. The molecule has 1 aromatic carbocycles. The summed E-state index contributed by atoms with van der Waals surface area (Å²) in [7, 11) is 0. The second-order valence-corrected chi connectivity index (χ2v) is 8.38. The van der Waals surface area contributed by atoms with Gasteiger partial charge in [-0.1, -0.05) is 46.8 Å². The second-order valence-electron chi connectivity index (χ2n) is 8.06. The minimum absolute atomic E-state index is 0.0777. The van der Waals surface area contributed by atoms with Crippen molar-refractivity contribution in [2.45, 2.75) is 65.3 Å². The van der Waals surface area contributed by atoms with Crippen LogP contribution in [0, 0.1) is 0 Å². The van der Waals surface area contributed by atoms with Gasteiger partial charge in [0.15, 0.2) is 0 Å². The van der Waals surface area contributed by atoms with E-state index in [0.717, 1.165) is 5.75 Å². The Morgan fingerprint density at radius 1 is 1.05 bits per heavy atom. The summed E-state index contributed by atoms with van der Waals surface area (Å²) >= 11 is 4.56. The van der Waals surface area contributed by atoms with Crippen LogP contribution in [0.1, 0.15) is 65.8 Å². The monoisotopic (exact) mass is 303 g/mol. The fraction of sp³-hybridized carbons (Fsp3) is 0.579. The van der Waals surface area contributed by atoms with Crippen LogP contribution in [0.2, 0.25) is 0 Å². The fourth-order valence-electron chi connectivity index (χ4n) is 2.85. The normalized spacial score (nSPS) is 13.4. The van der Waals surface area contributed by atoms with Crippen molar-refractivity contribution in [1.82, 2.24) is 4.57 Å². The van der Waals surface area contributed by atoms with Crippen molar-refractivity contribution in [3.63, 3.8) is 0 Å². The van der Waals surface area contributed by atoms with E-state index in [2.05, 4.69) is 89.9 Å². The summed E-state index contributed by atoms with van der Waals surface area (Å²) in [5.74, 6) is 0.849. The molecule has 0 fully saturated rings. The minimum atomic E-state index is 0.0777. The zero-order chi connectivity index (χ0) is 16.0. The molecule has 0 unspecified atom stereocenters. The molecule has 0 aliphatic heterocycles. The first-order valence-electron chi connectivity index (χ1n) is 7.85. The molecule has 1 nitrogen and oxygen atoms in total. The van der Waals surface area contributed by atoms with Gasteiger partial charge in [0.2, 0.25) is 0 Å². The van der Waals surface area contributed by atoms with Crippen LogP contribution in [-0.4, -0.2) is 10.3 Å². The lowest BCUT2D eigenvalue weighted by Crippen LogP contribution is -2.24. The Bertz CT molecular complexity index is 641. The maximum atomic E-state index is 4.56. The summed E-state index contributed by atoms with van der Waals surface area (Å²) in [6.45, 7) is 15.9. The van der Waals surface area contributed by atoms with Crippen LogP contribution in [0.25, 0.3) is 10.9 Å². The number of hydrogen-bond donors (Lipinski definition) is 1. The molecule has 1 heterocycles. The van der Waals surface area contributed by atoms with Crippen LogP contribution in [0.15, 0.2) is 24.3 Å². The largest absolute Gasteiger partial charge is 0.342 e. The first-order chi connectivity index (χ1) is 9.58. The summed E-state index contributed by atoms with van der Waals surface area (Å²) in [6, 6.07) is 9.70. The molecule has 116 valence electrons. The van der Waals surface area contributed by atoms with E-state index >= 15 is 0 Å². The van der Waals surface area contributed by atoms with Crippen LogP contribution in [0.4, 0.5) is 0 Å². The van der Waals surface area contributed by atoms with E-state index in [9.17, 15) is 0 Å². The van der Waals surface area contributed by atoms with E-state index in [1.54, 1.807) is 0 Å². The summed E-state index contributed by atoms with van der Waals surface area (Å²) in [5.41, 5.74) is 4.38. The van der Waals surface area contributed by atoms with Crippen molar-refractivity contribution in [3.05, 3.63) is 35.5 Å². The van der Waals surface area contributed by atoms with Crippen LogP contribution >= 0.6 is 12.6 Å². The number of aromatic nitrogens is 1. The Hall–Kier alpha value is -0.890. The lowest BCUT2D eigenvalue weighted by Gasteiger charge is -2.27. The molecule has 2 aromatic rings. The SMILES string of the molecule is CC(C)n1c(C(C)(C)CS)cc2ccc(C(C)(C)C)cc21. The average Bonchev–Trinajstić information content (AvgIpc) is 2.76. The topological polar surface area (TPSA) is 4.93 Å². The van der Waals surface area contributed by atoms with Gasteiger partial charge in [-0.15, -0.1) is 0 Å². The lowest BCUT2D eigenvalue weighted by atomic mass is 9.87. The van der Waals surface area contributed by atoms with Crippen molar-refractivity contribution in [3.8, 4) is 0 Å². The van der Waals surface area contributed by atoms with Gasteiger partial charge in [0.05, 0.1) is 0 Å². The molecule has 21 heavy (non-hydrogen) atoms. The van der Waals surface area contributed by atoms with Crippen LogP contribution < -0.4 is 0 Å². The second kappa shape index (κ2) is 5.39. The molecule has 0 bridgehead atoms. The fourth-order valence-corrected chi connectivity index (χ4v) is 3.01. The Kier molecular flexibility index (Phi) is 4.23. The molecule has 0 N–H and O–H groups in total. The number of nitrogens with zero attached hydrogens (tertiary/aromatic N) is 1. The van der Waals surface area contributed by atoms with Crippen LogP contribution in [-0.2, 0) is 10.8 Å². The first-order valence-corrected chi connectivity index (χ1v) is 8.48. The average molecular weight is 304 g/mol. The maximum Gasteiger partial charge on any atom is 0.0488 e. The van der Waals surface area contributed by atoms with E-state index < -0.39 is 0 Å². The van der Waals surface area contributed by atoms with Gasteiger partial charge in [0.1, 0.15) is 0 Å². The van der Waals surface area contributed by atoms with Gasteiger partial charge in [0.25, 0.3) is 0 Å². The standard InChI is InChI=1S/C19H29NS/c1-13(2)20-16-11-15(18(3,4)5)9-8-14(16)10-17(20)19(6,7)12-21/h8-11,13,21H,12H2,1-7H3. The van der Waals surface area contributed by atoms with E-state index in [4.69, 9.17) is 0 Å². The molecule has 2 heteroatoms. The van der Waals surface area contributed by atoms with Crippen molar-refractivity contribution < 1.29 is 0 Å². The third-order valence-electron chi connectivity index (χ3n) is 4.31. The predicted octanol–water partition coefficient (Wildman–Crippen LogP) is 5.73. The predicted molar refractivity (Wildman–Crippen MR) is 97.9 cm³/mol. The zero-order valence-corrected chi connectivity index (χ0v) is 15.4. The van der Waals surface area contributed by atoms with Gasteiger partial charge < -0.3 is 4.57 Å². The Morgan fingerprint density at radius 2 is 1.67 bits per heavy atom. The summed E-state index contributed by atoms with van der Waals surface area (Å²) in [4.78, 5) is 0. The summed E-state index contributed by atoms with van der Waals surface area (Å²) in [6.07, 6.45) is 0. The summed E-state index contributed by atoms with van der Waals surface area (Å²) in [5, 5.41) is 1.33. The van der Waals surface area contributed by atoms with Crippen molar-refractivity contribution in [2.24, 2.45) is 0 Å². The van der Waals surface area contributed by atoms with Crippen molar-refractivity contribution >= 4 is 23.5 Å². The van der Waals surface area contributed by atoms with Crippen LogP contribution in [0.5, 0.6) is 0 Å². The summed E-state index contributed by atoms with van der Waals surface area (Å²) < 4.78 is 2.49. The van der Waals surface area contributed by atoms with Gasteiger partial charge in [-0.05, 0) is 42.3 Å². The molecular weight excluding hydrogens is 274 g/mol. The van der Waals surface area contributed by atoms with Gasteiger partial charge in [-0.25, -0.2) is 0 Å².